The van der Waals surface area contributed by atoms with E-state index in [2.05, 4.69) is 33.2 Å². The van der Waals surface area contributed by atoms with E-state index in [1.54, 1.807) is 6.20 Å². The molecule has 2 rings (SSSR count). The molecule has 1 aromatic heterocycles. The lowest BCUT2D eigenvalue weighted by molar-refractivity contribution is 0.458. The Morgan fingerprint density at radius 3 is 2.88 bits per heavy atom. The number of halogens is 2. The Bertz CT molecular complexity index is 395. The van der Waals surface area contributed by atoms with Crippen molar-refractivity contribution in [2.45, 2.75) is 25.3 Å². The molecule has 0 aliphatic heterocycles. The minimum Gasteiger partial charge on any atom is -0.362 e. The van der Waals surface area contributed by atoms with Crippen molar-refractivity contribution >= 4 is 33.3 Å². The first-order valence-corrected chi connectivity index (χ1v) is 6.51. The zero-order valence-corrected chi connectivity index (χ0v) is 11.5. The van der Waals surface area contributed by atoms with Gasteiger partial charge in [-0.25, -0.2) is 4.98 Å². The molecule has 88 valence electrons. The fraction of sp³-hybridized carbons (Fsp3) is 0.545. The summed E-state index contributed by atoms with van der Waals surface area (Å²) in [5, 5.41) is 3.99. The quantitative estimate of drug-likeness (QED) is 0.899. The van der Waals surface area contributed by atoms with Crippen molar-refractivity contribution in [3.8, 4) is 0 Å². The van der Waals surface area contributed by atoms with Crippen LogP contribution in [0.2, 0.25) is 5.02 Å². The first-order chi connectivity index (χ1) is 7.55. The molecule has 1 aliphatic rings. The van der Waals surface area contributed by atoms with E-state index in [0.29, 0.717) is 23.3 Å². The lowest BCUT2D eigenvalue weighted by Gasteiger charge is -2.30. The summed E-state index contributed by atoms with van der Waals surface area (Å²) in [7, 11) is 0. The van der Waals surface area contributed by atoms with E-state index >= 15 is 0 Å². The number of nitrogens with two attached hydrogens (primary N) is 1. The number of hydrogen-bond acceptors (Lipinski definition) is 3. The van der Waals surface area contributed by atoms with E-state index < -0.39 is 0 Å². The van der Waals surface area contributed by atoms with Crippen LogP contribution in [0.25, 0.3) is 0 Å². The van der Waals surface area contributed by atoms with Gasteiger partial charge >= 0.3 is 0 Å². The molecule has 0 bridgehead atoms. The largest absolute Gasteiger partial charge is 0.362 e. The fourth-order valence-corrected chi connectivity index (χ4v) is 2.49. The molecule has 0 radical (unpaired) electrons. The third-order valence-electron chi connectivity index (χ3n) is 3.11. The molecule has 3 nitrogen and oxygen atoms in total. The van der Waals surface area contributed by atoms with E-state index in [9.17, 15) is 0 Å². The van der Waals surface area contributed by atoms with E-state index in [1.165, 1.54) is 12.8 Å². The molecule has 5 heteroatoms. The summed E-state index contributed by atoms with van der Waals surface area (Å²) < 4.78 is 0.879. The minimum atomic E-state index is -0.0928. The average molecular weight is 305 g/mol. The molecule has 0 spiro atoms. The van der Waals surface area contributed by atoms with Gasteiger partial charge in [-0.15, -0.1) is 0 Å². The number of anilines is 1. The van der Waals surface area contributed by atoms with Crippen LogP contribution in [0, 0.1) is 5.92 Å². The average Bonchev–Trinajstić information content (AvgIpc) is 3.06. The Kier molecular flexibility index (Phi) is 3.42. The highest BCUT2D eigenvalue weighted by Gasteiger charge is 2.40. The van der Waals surface area contributed by atoms with Crippen LogP contribution in [0.15, 0.2) is 16.7 Å². The molecule has 1 unspecified atom stereocenters. The summed E-state index contributed by atoms with van der Waals surface area (Å²) in [6.07, 6.45) is 4.20. The van der Waals surface area contributed by atoms with E-state index in [1.807, 2.05) is 6.07 Å². The van der Waals surface area contributed by atoms with Gasteiger partial charge in [0.25, 0.3) is 0 Å². The number of pyridine rings is 1. The second-order valence-corrected chi connectivity index (χ2v) is 5.83. The van der Waals surface area contributed by atoms with Gasteiger partial charge in [-0.3, -0.25) is 0 Å². The predicted molar refractivity (Wildman–Crippen MR) is 70.8 cm³/mol. The summed E-state index contributed by atoms with van der Waals surface area (Å²) in [4.78, 5) is 4.28. The smallest absolute Gasteiger partial charge is 0.145 e. The molecule has 1 aliphatic carbocycles. The topological polar surface area (TPSA) is 50.9 Å². The van der Waals surface area contributed by atoms with Gasteiger partial charge in [0.05, 0.1) is 10.6 Å². The zero-order chi connectivity index (χ0) is 11.8. The Morgan fingerprint density at radius 1 is 1.69 bits per heavy atom. The predicted octanol–water partition coefficient (Wildman–Crippen LogP) is 3.04. The van der Waals surface area contributed by atoms with Gasteiger partial charge in [0.1, 0.15) is 5.82 Å². The van der Waals surface area contributed by atoms with Crippen molar-refractivity contribution in [2.24, 2.45) is 11.7 Å². The van der Waals surface area contributed by atoms with E-state index in [4.69, 9.17) is 17.3 Å². The Balaban J connectivity index is 2.18. The molecule has 0 saturated heterocycles. The normalized spacial score (nSPS) is 19.2. The lowest BCUT2D eigenvalue weighted by atomic mass is 9.96. The van der Waals surface area contributed by atoms with Crippen molar-refractivity contribution in [3.63, 3.8) is 0 Å². The van der Waals surface area contributed by atoms with Crippen LogP contribution in [0.4, 0.5) is 5.82 Å². The van der Waals surface area contributed by atoms with Crippen LogP contribution in [0.5, 0.6) is 0 Å². The fourth-order valence-electron chi connectivity index (χ4n) is 1.82. The van der Waals surface area contributed by atoms with Crippen LogP contribution in [0.1, 0.15) is 19.8 Å². The molecule has 0 aromatic carbocycles. The zero-order valence-electron chi connectivity index (χ0n) is 9.13. The Labute approximate surface area is 109 Å². The highest BCUT2D eigenvalue weighted by molar-refractivity contribution is 9.10. The Morgan fingerprint density at radius 2 is 2.38 bits per heavy atom. The number of aromatic nitrogens is 1. The van der Waals surface area contributed by atoms with Crippen molar-refractivity contribution in [3.05, 3.63) is 21.8 Å². The molecule has 0 amide bonds. The lowest BCUT2D eigenvalue weighted by Crippen LogP contribution is -2.45. The maximum Gasteiger partial charge on any atom is 0.145 e. The molecular formula is C11H15BrClN3. The summed E-state index contributed by atoms with van der Waals surface area (Å²) >= 11 is 9.46. The van der Waals surface area contributed by atoms with Gasteiger partial charge < -0.3 is 11.1 Å². The van der Waals surface area contributed by atoms with Gasteiger partial charge in [0, 0.05) is 17.2 Å². The molecule has 1 fully saturated rings. The van der Waals surface area contributed by atoms with Crippen molar-refractivity contribution < 1.29 is 0 Å². The molecule has 1 saturated carbocycles. The van der Waals surface area contributed by atoms with Gasteiger partial charge in [-0.2, -0.15) is 0 Å². The van der Waals surface area contributed by atoms with Crippen molar-refractivity contribution in [2.75, 3.05) is 11.9 Å². The van der Waals surface area contributed by atoms with Crippen molar-refractivity contribution in [1.82, 2.24) is 4.98 Å². The minimum absolute atomic E-state index is 0.0928. The maximum absolute atomic E-state index is 6.12. The molecular weight excluding hydrogens is 289 g/mol. The summed E-state index contributed by atoms with van der Waals surface area (Å²) in [6.45, 7) is 2.72. The van der Waals surface area contributed by atoms with E-state index in [0.717, 1.165) is 4.47 Å². The summed E-state index contributed by atoms with van der Waals surface area (Å²) in [6, 6.07) is 1.83. The maximum atomic E-state index is 6.12. The van der Waals surface area contributed by atoms with E-state index in [-0.39, 0.29) is 5.54 Å². The standard InChI is InChI=1S/C11H15BrClN3/c1-11(6-14,7-2-3-7)16-10-9(13)4-8(12)5-15-10/h4-5,7H,2-3,6,14H2,1H3,(H,15,16). The first-order valence-electron chi connectivity index (χ1n) is 5.34. The van der Waals surface area contributed by atoms with Crippen LogP contribution in [-0.4, -0.2) is 17.1 Å². The first kappa shape index (κ1) is 12.1. The monoisotopic (exact) mass is 303 g/mol. The molecule has 1 atom stereocenters. The molecule has 1 heterocycles. The summed E-state index contributed by atoms with van der Waals surface area (Å²) in [5.74, 6) is 1.35. The highest BCUT2D eigenvalue weighted by atomic mass is 79.9. The van der Waals surface area contributed by atoms with Gasteiger partial charge in [-0.05, 0) is 47.7 Å². The third-order valence-corrected chi connectivity index (χ3v) is 3.84. The third kappa shape index (κ3) is 2.50. The van der Waals surface area contributed by atoms with Crippen LogP contribution >= 0.6 is 27.5 Å². The van der Waals surface area contributed by atoms with Gasteiger partial charge in [-0.1, -0.05) is 11.6 Å². The second-order valence-electron chi connectivity index (χ2n) is 4.50. The van der Waals surface area contributed by atoms with Gasteiger partial charge in [0.15, 0.2) is 0 Å². The number of nitrogens with zero attached hydrogens (tertiary/aromatic N) is 1. The van der Waals surface area contributed by atoms with Crippen molar-refractivity contribution in [1.29, 1.82) is 0 Å². The van der Waals surface area contributed by atoms with Crippen LogP contribution in [-0.2, 0) is 0 Å². The highest BCUT2D eigenvalue weighted by Crippen LogP contribution is 2.41. The Hall–Kier alpha value is -0.320. The summed E-state index contributed by atoms with van der Waals surface area (Å²) in [5.41, 5.74) is 5.74. The number of nitrogens with one attached hydrogen (secondary N) is 1. The van der Waals surface area contributed by atoms with Crippen LogP contribution < -0.4 is 11.1 Å². The van der Waals surface area contributed by atoms with Crippen LogP contribution in [0.3, 0.4) is 0 Å². The second kappa shape index (κ2) is 4.51. The number of rotatable bonds is 4. The van der Waals surface area contributed by atoms with Gasteiger partial charge in [0.2, 0.25) is 0 Å². The number of hydrogen-bond donors (Lipinski definition) is 2. The molecule has 3 N–H and O–H groups in total. The molecule has 16 heavy (non-hydrogen) atoms. The molecule has 1 aromatic rings. The SMILES string of the molecule is CC(CN)(Nc1ncc(Br)cc1Cl)C1CC1.